The standard InChI is InChI=1S/C33H20N6/c1-3-7-25-23(5-1)24-6-2-4-8-26(24)30-29(25)38-32-28-17-22-12-11-19(35-22)15-18-9-10-20(34-18)16-21-13-14-27(36-21)31(37-28)33(32)39-30/h1-17,34-35,37H. The number of hydrogen-bond acceptors (Lipinski definition) is 3. The largest absolute Gasteiger partial charge is 0.355 e. The minimum absolute atomic E-state index is 0.812. The van der Waals surface area contributed by atoms with Crippen LogP contribution in [0, 0.1) is 0 Å². The van der Waals surface area contributed by atoms with Crippen molar-refractivity contribution in [2.24, 2.45) is 0 Å². The molecular formula is C33H20N6. The minimum atomic E-state index is 0.812. The number of aromatic nitrogens is 6. The molecule has 8 bridgehead atoms. The van der Waals surface area contributed by atoms with Crippen molar-refractivity contribution in [1.29, 1.82) is 0 Å². The van der Waals surface area contributed by atoms with Gasteiger partial charge in [-0.05, 0) is 65.4 Å². The fourth-order valence-corrected chi connectivity index (χ4v) is 5.84. The predicted molar refractivity (Wildman–Crippen MR) is 161 cm³/mol. The van der Waals surface area contributed by atoms with Gasteiger partial charge in [-0.3, -0.25) is 0 Å². The molecule has 1 aliphatic heterocycles. The molecule has 6 heteroatoms. The Labute approximate surface area is 221 Å². The van der Waals surface area contributed by atoms with Crippen LogP contribution in [-0.4, -0.2) is 29.9 Å². The highest BCUT2D eigenvalue weighted by Crippen LogP contribution is 2.36. The van der Waals surface area contributed by atoms with Crippen LogP contribution in [0.1, 0.15) is 11.4 Å². The molecule has 0 amide bonds. The second-order valence-electron chi connectivity index (χ2n) is 10.0. The van der Waals surface area contributed by atoms with Crippen molar-refractivity contribution in [3.05, 3.63) is 102 Å². The predicted octanol–water partition coefficient (Wildman–Crippen LogP) is 8.10. The quantitative estimate of drug-likeness (QED) is 0.184. The van der Waals surface area contributed by atoms with E-state index >= 15 is 0 Å². The topological polar surface area (TPSA) is 86.0 Å². The summed E-state index contributed by atoms with van der Waals surface area (Å²) in [7, 11) is 0. The van der Waals surface area contributed by atoms with Crippen molar-refractivity contribution in [3.63, 3.8) is 0 Å². The molecule has 0 aliphatic carbocycles. The third-order valence-corrected chi connectivity index (χ3v) is 7.60. The van der Waals surface area contributed by atoms with E-state index < -0.39 is 0 Å². The smallest absolute Gasteiger partial charge is 0.117 e. The fraction of sp³-hybridized carbons (Fsp3) is 0. The highest BCUT2D eigenvalue weighted by molar-refractivity contribution is 6.25. The fourth-order valence-electron chi connectivity index (χ4n) is 5.84. The maximum absolute atomic E-state index is 5.31. The summed E-state index contributed by atoms with van der Waals surface area (Å²) in [6, 6.07) is 31.5. The number of benzene rings is 3. The molecule has 6 nitrogen and oxygen atoms in total. The molecule has 0 unspecified atom stereocenters. The number of rotatable bonds is 0. The van der Waals surface area contributed by atoms with Gasteiger partial charge in [0.25, 0.3) is 0 Å². The third kappa shape index (κ3) is 3.06. The Morgan fingerprint density at radius 3 is 1.67 bits per heavy atom. The van der Waals surface area contributed by atoms with Crippen molar-refractivity contribution in [3.8, 4) is 0 Å². The molecule has 182 valence electrons. The molecule has 6 heterocycles. The van der Waals surface area contributed by atoms with E-state index in [2.05, 4.69) is 106 Å². The van der Waals surface area contributed by atoms with E-state index in [1.165, 1.54) is 10.8 Å². The van der Waals surface area contributed by atoms with Crippen LogP contribution in [0.25, 0.3) is 88.9 Å². The van der Waals surface area contributed by atoms with Crippen molar-refractivity contribution >= 4 is 88.9 Å². The van der Waals surface area contributed by atoms with Crippen molar-refractivity contribution in [2.45, 2.75) is 0 Å². The van der Waals surface area contributed by atoms with E-state index in [1.54, 1.807) is 0 Å². The van der Waals surface area contributed by atoms with E-state index in [0.717, 1.165) is 77.3 Å². The maximum atomic E-state index is 5.31. The van der Waals surface area contributed by atoms with Gasteiger partial charge in [0.15, 0.2) is 0 Å². The lowest BCUT2D eigenvalue weighted by Gasteiger charge is -2.09. The average Bonchev–Trinajstić information content (AvgIpc) is 3.77. The molecule has 8 aromatic rings. The van der Waals surface area contributed by atoms with E-state index in [0.29, 0.717) is 0 Å². The van der Waals surface area contributed by atoms with Crippen molar-refractivity contribution in [2.75, 3.05) is 0 Å². The lowest BCUT2D eigenvalue weighted by atomic mass is 9.99. The van der Waals surface area contributed by atoms with E-state index in [-0.39, 0.29) is 0 Å². The summed E-state index contributed by atoms with van der Waals surface area (Å²) in [4.78, 5) is 26.2. The molecule has 0 saturated carbocycles. The first-order valence-electron chi connectivity index (χ1n) is 13.0. The summed E-state index contributed by atoms with van der Waals surface area (Å²) in [6.45, 7) is 0. The van der Waals surface area contributed by atoms with E-state index in [4.69, 9.17) is 15.0 Å². The first kappa shape index (κ1) is 20.6. The normalized spacial score (nSPS) is 12.5. The van der Waals surface area contributed by atoms with Crippen LogP contribution in [0.15, 0.2) is 91.0 Å². The van der Waals surface area contributed by atoms with Gasteiger partial charge in [0.2, 0.25) is 0 Å². The maximum Gasteiger partial charge on any atom is 0.117 e. The molecule has 3 aromatic carbocycles. The van der Waals surface area contributed by atoms with Gasteiger partial charge >= 0.3 is 0 Å². The van der Waals surface area contributed by atoms with Crippen LogP contribution in [0.3, 0.4) is 0 Å². The summed E-state index contributed by atoms with van der Waals surface area (Å²) in [5, 5.41) is 4.55. The molecular weight excluding hydrogens is 480 g/mol. The average molecular weight is 501 g/mol. The van der Waals surface area contributed by atoms with Crippen LogP contribution < -0.4 is 0 Å². The summed E-state index contributed by atoms with van der Waals surface area (Å²) in [5.41, 5.74) is 10.9. The summed E-state index contributed by atoms with van der Waals surface area (Å²) in [6.07, 6.45) is 4.08. The van der Waals surface area contributed by atoms with Gasteiger partial charge in [0, 0.05) is 32.8 Å². The van der Waals surface area contributed by atoms with Gasteiger partial charge < -0.3 is 15.0 Å². The molecule has 0 radical (unpaired) electrons. The Morgan fingerprint density at radius 2 is 1.00 bits per heavy atom. The number of hydrogen-bond donors (Lipinski definition) is 3. The molecule has 9 rings (SSSR count). The van der Waals surface area contributed by atoms with E-state index in [1.807, 2.05) is 12.2 Å². The summed E-state index contributed by atoms with van der Waals surface area (Å²) < 4.78 is 0. The molecule has 0 saturated heterocycles. The highest BCUT2D eigenvalue weighted by atomic mass is 14.9. The van der Waals surface area contributed by atoms with Crippen LogP contribution >= 0.6 is 0 Å². The molecule has 0 fully saturated rings. The lowest BCUT2D eigenvalue weighted by molar-refractivity contribution is 1.32. The SMILES string of the molecule is C1=Cc2nc1cc1ccc(cc3ccc(cc4[nH]c2c2nc5c6ccccc6c6ccccc6c5nc42)[nH]3)[nH]1. The summed E-state index contributed by atoms with van der Waals surface area (Å²) in [5.74, 6) is 0. The van der Waals surface area contributed by atoms with Crippen LogP contribution in [0.5, 0.6) is 0 Å². The second kappa shape index (κ2) is 7.52. The first-order valence-corrected chi connectivity index (χ1v) is 13.0. The molecule has 1 aliphatic rings. The number of aromatic amines is 3. The van der Waals surface area contributed by atoms with Gasteiger partial charge in [0.05, 0.1) is 33.5 Å². The second-order valence-corrected chi connectivity index (χ2v) is 10.0. The van der Waals surface area contributed by atoms with Crippen LogP contribution in [0.4, 0.5) is 0 Å². The zero-order valence-electron chi connectivity index (χ0n) is 20.7. The van der Waals surface area contributed by atoms with Gasteiger partial charge in [-0.25, -0.2) is 15.0 Å². The Kier molecular flexibility index (Phi) is 3.96. The lowest BCUT2D eigenvalue weighted by Crippen LogP contribution is -1.90. The molecule has 0 atom stereocenters. The van der Waals surface area contributed by atoms with Crippen molar-refractivity contribution < 1.29 is 0 Å². The monoisotopic (exact) mass is 500 g/mol. The molecule has 3 N–H and O–H groups in total. The summed E-state index contributed by atoms with van der Waals surface area (Å²) >= 11 is 0. The van der Waals surface area contributed by atoms with Crippen LogP contribution in [-0.2, 0) is 0 Å². The zero-order chi connectivity index (χ0) is 25.5. The number of nitrogens with one attached hydrogen (secondary N) is 3. The Bertz CT molecular complexity index is 2450. The van der Waals surface area contributed by atoms with Gasteiger partial charge in [-0.15, -0.1) is 0 Å². The number of nitrogens with zero attached hydrogens (tertiary/aromatic N) is 3. The third-order valence-electron chi connectivity index (χ3n) is 7.60. The Morgan fingerprint density at radius 1 is 0.436 bits per heavy atom. The minimum Gasteiger partial charge on any atom is -0.355 e. The number of H-pyrrole nitrogens is 3. The Hall–Kier alpha value is -5.49. The highest BCUT2D eigenvalue weighted by Gasteiger charge is 2.17. The Balaban J connectivity index is 1.51. The van der Waals surface area contributed by atoms with E-state index in [9.17, 15) is 0 Å². The molecule has 39 heavy (non-hydrogen) atoms. The number of fused-ring (bicyclic) bond motifs is 18. The van der Waals surface area contributed by atoms with Crippen molar-refractivity contribution in [1.82, 2.24) is 29.9 Å². The first-order chi connectivity index (χ1) is 19.3. The van der Waals surface area contributed by atoms with Gasteiger partial charge in [-0.2, -0.15) is 0 Å². The zero-order valence-corrected chi connectivity index (χ0v) is 20.7. The molecule has 5 aromatic heterocycles. The van der Waals surface area contributed by atoms with Gasteiger partial charge in [-0.1, -0.05) is 48.5 Å². The van der Waals surface area contributed by atoms with Crippen LogP contribution in [0.2, 0.25) is 0 Å². The molecule has 0 spiro atoms. The van der Waals surface area contributed by atoms with Gasteiger partial charge in [0.1, 0.15) is 11.0 Å².